The second kappa shape index (κ2) is 5.53. The van der Waals surface area contributed by atoms with Crippen molar-refractivity contribution in [3.05, 3.63) is 28.8 Å². The van der Waals surface area contributed by atoms with Crippen LogP contribution in [-0.2, 0) is 9.59 Å². The van der Waals surface area contributed by atoms with E-state index in [9.17, 15) is 14.4 Å². The summed E-state index contributed by atoms with van der Waals surface area (Å²) in [4.78, 5) is 35.9. The lowest BCUT2D eigenvalue weighted by atomic mass is 10.1. The number of halogens is 1. The molecule has 1 heterocycles. The molecule has 1 aliphatic heterocycles. The fraction of sp³-hybridized carbons (Fsp3) is 0.357. The standard InChI is InChI=1S/C14H14ClNO3/c1-9(17)4-2-3-7-16-12-8-10(15)5-6-11(12)13(18)14(16)19/h5-6,8H,2-4,7H2,1H3. The first kappa shape index (κ1) is 13.7. The van der Waals surface area contributed by atoms with Gasteiger partial charge in [-0.25, -0.2) is 0 Å². The first-order valence-electron chi connectivity index (χ1n) is 6.16. The third-order valence-corrected chi connectivity index (χ3v) is 3.33. The molecular weight excluding hydrogens is 266 g/mol. The molecule has 0 radical (unpaired) electrons. The van der Waals surface area contributed by atoms with E-state index in [1.54, 1.807) is 25.1 Å². The predicted molar refractivity (Wildman–Crippen MR) is 72.7 cm³/mol. The Labute approximate surface area is 116 Å². The largest absolute Gasteiger partial charge is 0.305 e. The fourth-order valence-corrected chi connectivity index (χ4v) is 2.30. The summed E-state index contributed by atoms with van der Waals surface area (Å²) in [6, 6.07) is 4.81. The van der Waals surface area contributed by atoms with Crippen molar-refractivity contribution < 1.29 is 14.4 Å². The van der Waals surface area contributed by atoms with Crippen LogP contribution in [0.2, 0.25) is 5.02 Å². The molecule has 0 unspecified atom stereocenters. The molecular formula is C14H14ClNO3. The van der Waals surface area contributed by atoms with E-state index in [4.69, 9.17) is 11.6 Å². The molecule has 5 heteroatoms. The minimum atomic E-state index is -0.514. The SMILES string of the molecule is CC(=O)CCCCN1C(=O)C(=O)c2ccc(Cl)cc21. The van der Waals surface area contributed by atoms with E-state index in [1.807, 2.05) is 0 Å². The Morgan fingerprint density at radius 3 is 2.68 bits per heavy atom. The molecule has 0 spiro atoms. The van der Waals surface area contributed by atoms with Crippen molar-refractivity contribution in [1.29, 1.82) is 0 Å². The molecule has 0 fully saturated rings. The summed E-state index contributed by atoms with van der Waals surface area (Å²) >= 11 is 5.89. The number of ketones is 2. The number of rotatable bonds is 5. The van der Waals surface area contributed by atoms with Gasteiger partial charge in [0, 0.05) is 18.0 Å². The van der Waals surface area contributed by atoms with Gasteiger partial charge in [0.25, 0.3) is 11.7 Å². The van der Waals surface area contributed by atoms with Crippen molar-refractivity contribution in [2.75, 3.05) is 11.4 Å². The van der Waals surface area contributed by atoms with Gasteiger partial charge < -0.3 is 9.69 Å². The Hall–Kier alpha value is -1.68. The van der Waals surface area contributed by atoms with Crippen LogP contribution >= 0.6 is 11.6 Å². The summed E-state index contributed by atoms with van der Waals surface area (Å²) in [7, 11) is 0. The van der Waals surface area contributed by atoms with E-state index in [0.717, 1.165) is 0 Å². The van der Waals surface area contributed by atoms with Gasteiger partial charge in [0.2, 0.25) is 0 Å². The maximum absolute atomic E-state index is 11.9. The van der Waals surface area contributed by atoms with Crippen LogP contribution in [-0.4, -0.2) is 24.0 Å². The van der Waals surface area contributed by atoms with Gasteiger partial charge in [0.15, 0.2) is 0 Å². The molecule has 0 atom stereocenters. The molecule has 1 aliphatic rings. The number of benzene rings is 1. The zero-order chi connectivity index (χ0) is 14.0. The van der Waals surface area contributed by atoms with Crippen LogP contribution < -0.4 is 4.90 Å². The van der Waals surface area contributed by atoms with Crippen LogP contribution in [0.1, 0.15) is 36.5 Å². The number of amides is 1. The smallest absolute Gasteiger partial charge is 0.299 e. The van der Waals surface area contributed by atoms with Crippen molar-refractivity contribution in [1.82, 2.24) is 0 Å². The Balaban J connectivity index is 2.10. The van der Waals surface area contributed by atoms with Gasteiger partial charge in [-0.3, -0.25) is 9.59 Å². The predicted octanol–water partition coefficient (Wildman–Crippen LogP) is 2.63. The number of Topliss-reactive ketones (excluding diaryl/α,β-unsaturated/α-hetero) is 2. The molecule has 0 N–H and O–H groups in total. The zero-order valence-electron chi connectivity index (χ0n) is 10.6. The van der Waals surface area contributed by atoms with Gasteiger partial charge in [0.1, 0.15) is 5.78 Å². The Morgan fingerprint density at radius 2 is 2.00 bits per heavy atom. The van der Waals surface area contributed by atoms with Gasteiger partial charge in [0.05, 0.1) is 11.3 Å². The summed E-state index contributed by atoms with van der Waals surface area (Å²) in [5.41, 5.74) is 0.978. The number of carbonyl (C=O) groups is 3. The average molecular weight is 280 g/mol. The molecule has 2 rings (SSSR count). The van der Waals surface area contributed by atoms with Crippen LogP contribution in [0, 0.1) is 0 Å². The highest BCUT2D eigenvalue weighted by Gasteiger charge is 2.35. The van der Waals surface area contributed by atoms with Crippen LogP contribution in [0.5, 0.6) is 0 Å². The third kappa shape index (κ3) is 2.84. The topological polar surface area (TPSA) is 54.5 Å². The summed E-state index contributed by atoms with van der Waals surface area (Å²) in [6.45, 7) is 1.98. The van der Waals surface area contributed by atoms with Crippen molar-refractivity contribution in [3.63, 3.8) is 0 Å². The number of hydrogen-bond acceptors (Lipinski definition) is 3. The van der Waals surface area contributed by atoms with Crippen LogP contribution in [0.4, 0.5) is 5.69 Å². The number of fused-ring (bicyclic) bond motifs is 1. The maximum atomic E-state index is 11.9. The zero-order valence-corrected chi connectivity index (χ0v) is 11.4. The van der Waals surface area contributed by atoms with Crippen LogP contribution in [0.15, 0.2) is 18.2 Å². The number of carbonyl (C=O) groups excluding carboxylic acids is 3. The van der Waals surface area contributed by atoms with Crippen molar-refractivity contribution in [2.45, 2.75) is 26.2 Å². The normalized spacial score (nSPS) is 13.9. The minimum Gasteiger partial charge on any atom is -0.305 e. The van der Waals surface area contributed by atoms with E-state index < -0.39 is 11.7 Å². The molecule has 0 saturated heterocycles. The molecule has 0 saturated carbocycles. The monoisotopic (exact) mass is 279 g/mol. The van der Waals surface area contributed by atoms with Crippen molar-refractivity contribution in [2.24, 2.45) is 0 Å². The van der Waals surface area contributed by atoms with Crippen LogP contribution in [0.25, 0.3) is 0 Å². The highest BCUT2D eigenvalue weighted by atomic mass is 35.5. The van der Waals surface area contributed by atoms with Crippen LogP contribution in [0.3, 0.4) is 0 Å². The Bertz CT molecular complexity index is 554. The van der Waals surface area contributed by atoms with Gasteiger partial charge in [-0.15, -0.1) is 0 Å². The lowest BCUT2D eigenvalue weighted by molar-refractivity contribution is -0.117. The molecule has 1 aromatic rings. The van der Waals surface area contributed by atoms with E-state index >= 15 is 0 Å². The molecule has 100 valence electrons. The van der Waals surface area contributed by atoms with Gasteiger partial charge in [-0.2, -0.15) is 0 Å². The summed E-state index contributed by atoms with van der Waals surface area (Å²) in [6.07, 6.45) is 1.89. The molecule has 1 amide bonds. The second-order valence-electron chi connectivity index (χ2n) is 4.61. The number of anilines is 1. The maximum Gasteiger partial charge on any atom is 0.299 e. The lowest BCUT2D eigenvalue weighted by Crippen LogP contribution is -2.30. The fourth-order valence-electron chi connectivity index (χ4n) is 2.13. The lowest BCUT2D eigenvalue weighted by Gasteiger charge is -2.16. The molecule has 0 aliphatic carbocycles. The molecule has 0 bridgehead atoms. The number of nitrogens with zero attached hydrogens (tertiary/aromatic N) is 1. The number of unbranched alkanes of at least 4 members (excludes halogenated alkanes) is 1. The quantitative estimate of drug-likeness (QED) is 0.615. The summed E-state index contributed by atoms with van der Waals surface area (Å²) < 4.78 is 0. The Morgan fingerprint density at radius 1 is 1.26 bits per heavy atom. The van der Waals surface area contributed by atoms with E-state index in [0.29, 0.717) is 42.1 Å². The second-order valence-corrected chi connectivity index (χ2v) is 5.04. The minimum absolute atomic E-state index is 0.132. The van der Waals surface area contributed by atoms with E-state index in [2.05, 4.69) is 0 Å². The molecule has 4 nitrogen and oxygen atoms in total. The highest BCUT2D eigenvalue weighted by Crippen LogP contribution is 2.31. The van der Waals surface area contributed by atoms with Crippen molar-refractivity contribution >= 4 is 34.8 Å². The van der Waals surface area contributed by atoms with E-state index in [1.165, 1.54) is 4.90 Å². The number of hydrogen-bond donors (Lipinski definition) is 0. The molecule has 19 heavy (non-hydrogen) atoms. The van der Waals surface area contributed by atoms with Gasteiger partial charge in [-0.05, 0) is 38.0 Å². The third-order valence-electron chi connectivity index (χ3n) is 3.10. The first-order chi connectivity index (χ1) is 9.00. The van der Waals surface area contributed by atoms with E-state index in [-0.39, 0.29) is 5.78 Å². The average Bonchev–Trinajstić information content (AvgIpc) is 2.58. The molecule has 0 aromatic heterocycles. The summed E-state index contributed by atoms with van der Waals surface area (Å²) in [5, 5.41) is 0.495. The summed E-state index contributed by atoms with van der Waals surface area (Å²) in [5.74, 6) is -0.870. The van der Waals surface area contributed by atoms with Crippen molar-refractivity contribution in [3.8, 4) is 0 Å². The Kier molecular flexibility index (Phi) is 4.00. The first-order valence-corrected chi connectivity index (χ1v) is 6.53. The van der Waals surface area contributed by atoms with Gasteiger partial charge in [-0.1, -0.05) is 11.6 Å². The van der Waals surface area contributed by atoms with Gasteiger partial charge >= 0.3 is 0 Å². The highest BCUT2D eigenvalue weighted by molar-refractivity contribution is 6.52. The molecule has 1 aromatic carbocycles.